The quantitative estimate of drug-likeness (QED) is 0.782. The van der Waals surface area contributed by atoms with Crippen LogP contribution in [0.2, 0.25) is 0 Å². The van der Waals surface area contributed by atoms with Gasteiger partial charge in [-0.15, -0.1) is 0 Å². The average molecular weight is 293 g/mol. The lowest BCUT2D eigenvalue weighted by Gasteiger charge is -2.16. The van der Waals surface area contributed by atoms with Crippen LogP contribution < -0.4 is 10.5 Å². The van der Waals surface area contributed by atoms with E-state index in [1.807, 2.05) is 18.2 Å². The molecule has 6 nitrogen and oxygen atoms in total. The molecule has 3 aromatic rings. The Morgan fingerprint density at radius 1 is 1.14 bits per heavy atom. The van der Waals surface area contributed by atoms with Crippen molar-refractivity contribution in [2.75, 3.05) is 18.0 Å². The number of pyridine rings is 2. The summed E-state index contributed by atoms with van der Waals surface area (Å²) in [5.74, 6) is 0.617. The lowest BCUT2D eigenvalue weighted by atomic mass is 10.1. The molecule has 0 saturated carbocycles. The number of aromatic nitrogens is 4. The summed E-state index contributed by atoms with van der Waals surface area (Å²) < 4.78 is 0. The normalized spacial score (nSPS) is 14.6. The van der Waals surface area contributed by atoms with Crippen LogP contribution in [0.5, 0.6) is 0 Å². The van der Waals surface area contributed by atoms with Gasteiger partial charge in [-0.05, 0) is 25.0 Å². The van der Waals surface area contributed by atoms with Crippen LogP contribution in [0.3, 0.4) is 0 Å². The zero-order valence-electron chi connectivity index (χ0n) is 12.0. The Labute approximate surface area is 126 Å². The predicted molar refractivity (Wildman–Crippen MR) is 84.8 cm³/mol. The Hall–Kier alpha value is -2.76. The molecule has 0 bridgehead atoms. The summed E-state index contributed by atoms with van der Waals surface area (Å²) in [5.41, 5.74) is 2.02. The average Bonchev–Trinajstić information content (AvgIpc) is 3.09. The molecule has 0 aromatic carbocycles. The lowest BCUT2D eigenvalue weighted by molar-refractivity contribution is 0.897. The smallest absolute Gasteiger partial charge is 0.262 e. The van der Waals surface area contributed by atoms with Crippen molar-refractivity contribution in [3.05, 3.63) is 47.1 Å². The second-order valence-corrected chi connectivity index (χ2v) is 5.38. The molecule has 4 rings (SSSR count). The maximum atomic E-state index is 12.6. The van der Waals surface area contributed by atoms with Crippen molar-refractivity contribution in [2.45, 2.75) is 12.8 Å². The van der Waals surface area contributed by atoms with Gasteiger partial charge in [-0.1, -0.05) is 6.07 Å². The fraction of sp³-hybridized carbons (Fsp3) is 0.250. The van der Waals surface area contributed by atoms with Crippen LogP contribution >= 0.6 is 0 Å². The molecule has 0 aliphatic carbocycles. The molecule has 4 heterocycles. The van der Waals surface area contributed by atoms with Crippen LogP contribution in [0.1, 0.15) is 12.8 Å². The van der Waals surface area contributed by atoms with Gasteiger partial charge in [-0.3, -0.25) is 14.8 Å². The molecule has 6 heteroatoms. The van der Waals surface area contributed by atoms with Crippen LogP contribution in [0.25, 0.3) is 22.2 Å². The summed E-state index contributed by atoms with van der Waals surface area (Å²) in [5, 5.41) is 0.512. The molecule has 0 amide bonds. The highest BCUT2D eigenvalue weighted by Gasteiger charge is 2.17. The number of H-pyrrole nitrogens is 1. The summed E-state index contributed by atoms with van der Waals surface area (Å²) in [4.78, 5) is 30.5. The Bertz CT molecular complexity index is 869. The van der Waals surface area contributed by atoms with Crippen molar-refractivity contribution in [2.24, 2.45) is 0 Å². The highest BCUT2D eigenvalue weighted by Crippen LogP contribution is 2.24. The summed E-state index contributed by atoms with van der Waals surface area (Å²) in [6, 6.07) is 5.60. The van der Waals surface area contributed by atoms with Gasteiger partial charge in [0.1, 0.15) is 0 Å². The molecular weight excluding hydrogens is 278 g/mol. The number of nitrogens with zero attached hydrogens (tertiary/aromatic N) is 4. The number of hydrogen-bond acceptors (Lipinski definition) is 5. The zero-order chi connectivity index (χ0) is 14.9. The molecule has 22 heavy (non-hydrogen) atoms. The van der Waals surface area contributed by atoms with Gasteiger partial charge >= 0.3 is 0 Å². The van der Waals surface area contributed by atoms with E-state index >= 15 is 0 Å². The highest BCUT2D eigenvalue weighted by atomic mass is 16.1. The van der Waals surface area contributed by atoms with Gasteiger partial charge in [0.25, 0.3) is 5.56 Å². The fourth-order valence-corrected chi connectivity index (χ4v) is 2.89. The van der Waals surface area contributed by atoms with Crippen LogP contribution in [-0.2, 0) is 0 Å². The van der Waals surface area contributed by atoms with Crippen molar-refractivity contribution in [3.8, 4) is 11.1 Å². The predicted octanol–water partition coefficient (Wildman–Crippen LogP) is 1.98. The number of aromatic amines is 1. The first-order chi connectivity index (χ1) is 10.8. The number of nitrogens with one attached hydrogen (secondary N) is 1. The first-order valence-corrected chi connectivity index (χ1v) is 7.37. The number of hydrogen-bond donors (Lipinski definition) is 1. The van der Waals surface area contributed by atoms with E-state index in [0.29, 0.717) is 17.0 Å². The van der Waals surface area contributed by atoms with E-state index in [1.165, 1.54) is 0 Å². The summed E-state index contributed by atoms with van der Waals surface area (Å²) >= 11 is 0. The summed E-state index contributed by atoms with van der Waals surface area (Å²) in [6.07, 6.45) is 7.39. The molecule has 1 saturated heterocycles. The Kier molecular flexibility index (Phi) is 3.07. The molecule has 110 valence electrons. The van der Waals surface area contributed by atoms with Gasteiger partial charge < -0.3 is 4.90 Å². The van der Waals surface area contributed by atoms with E-state index in [0.717, 1.165) is 37.1 Å². The number of fused-ring (bicyclic) bond motifs is 1. The van der Waals surface area contributed by atoms with Crippen molar-refractivity contribution < 1.29 is 0 Å². The minimum Gasteiger partial charge on any atom is -0.342 e. The third kappa shape index (κ3) is 2.13. The molecule has 0 radical (unpaired) electrons. The third-order valence-corrected chi connectivity index (χ3v) is 3.97. The molecule has 1 aliphatic heterocycles. The van der Waals surface area contributed by atoms with Crippen LogP contribution in [0.4, 0.5) is 5.95 Å². The van der Waals surface area contributed by atoms with Gasteiger partial charge in [-0.2, -0.15) is 4.98 Å². The van der Waals surface area contributed by atoms with Crippen LogP contribution in [0, 0.1) is 0 Å². The highest BCUT2D eigenvalue weighted by molar-refractivity contribution is 5.91. The van der Waals surface area contributed by atoms with E-state index < -0.39 is 0 Å². The maximum Gasteiger partial charge on any atom is 0.262 e. The zero-order valence-corrected chi connectivity index (χ0v) is 12.0. The topological polar surface area (TPSA) is 74.8 Å². The van der Waals surface area contributed by atoms with Gasteiger partial charge in [0, 0.05) is 42.8 Å². The molecule has 1 aliphatic rings. The first-order valence-electron chi connectivity index (χ1n) is 7.37. The minimum atomic E-state index is -0.154. The first kappa shape index (κ1) is 12.9. The minimum absolute atomic E-state index is 0.154. The van der Waals surface area contributed by atoms with Crippen molar-refractivity contribution in [1.29, 1.82) is 0 Å². The Balaban J connectivity index is 1.92. The second kappa shape index (κ2) is 5.22. The van der Waals surface area contributed by atoms with E-state index in [9.17, 15) is 4.79 Å². The maximum absolute atomic E-state index is 12.6. The van der Waals surface area contributed by atoms with Gasteiger partial charge in [-0.25, -0.2) is 4.98 Å². The van der Waals surface area contributed by atoms with Gasteiger partial charge in [0.05, 0.1) is 5.39 Å². The van der Waals surface area contributed by atoms with E-state index in [-0.39, 0.29) is 5.56 Å². The Morgan fingerprint density at radius 2 is 2.00 bits per heavy atom. The SMILES string of the molecule is O=c1[nH]c(N2CCCC2)nc2nccc(-c3cccnc3)c12. The molecule has 1 N–H and O–H groups in total. The molecule has 0 atom stereocenters. The van der Waals surface area contributed by atoms with Gasteiger partial charge in [0.15, 0.2) is 5.65 Å². The largest absolute Gasteiger partial charge is 0.342 e. The Morgan fingerprint density at radius 3 is 2.77 bits per heavy atom. The summed E-state index contributed by atoms with van der Waals surface area (Å²) in [7, 11) is 0. The molecule has 3 aromatic heterocycles. The standard InChI is InChI=1S/C16H15N5O/c22-15-13-12(11-4-3-6-17-10-11)5-7-18-14(13)19-16(20-15)21-8-1-2-9-21/h3-7,10H,1-2,8-9H2,(H,18,19,20,22). The van der Waals surface area contributed by atoms with Gasteiger partial charge in [0.2, 0.25) is 5.95 Å². The fourth-order valence-electron chi connectivity index (χ4n) is 2.89. The number of anilines is 1. The molecule has 1 fully saturated rings. The molecular formula is C16H15N5O. The summed E-state index contributed by atoms with van der Waals surface area (Å²) in [6.45, 7) is 1.85. The number of rotatable bonds is 2. The lowest BCUT2D eigenvalue weighted by Crippen LogP contribution is -2.24. The van der Waals surface area contributed by atoms with Crippen LogP contribution in [0.15, 0.2) is 41.6 Å². The monoisotopic (exact) mass is 293 g/mol. The molecule has 0 spiro atoms. The van der Waals surface area contributed by atoms with Crippen molar-refractivity contribution >= 4 is 17.0 Å². The van der Waals surface area contributed by atoms with Crippen LogP contribution in [-0.4, -0.2) is 33.0 Å². The molecule has 0 unspecified atom stereocenters. The van der Waals surface area contributed by atoms with Crippen molar-refractivity contribution in [3.63, 3.8) is 0 Å². The van der Waals surface area contributed by atoms with E-state index in [1.54, 1.807) is 18.6 Å². The van der Waals surface area contributed by atoms with Crippen molar-refractivity contribution in [1.82, 2.24) is 19.9 Å². The second-order valence-electron chi connectivity index (χ2n) is 5.38. The van der Waals surface area contributed by atoms with E-state index in [2.05, 4.69) is 24.8 Å². The third-order valence-electron chi connectivity index (χ3n) is 3.97. The van der Waals surface area contributed by atoms with E-state index in [4.69, 9.17) is 0 Å².